The minimum absolute atomic E-state index is 0.688. The number of rotatable bonds is 5. The molecule has 0 atom stereocenters. The molecule has 2 heterocycles. The van der Waals surface area contributed by atoms with Gasteiger partial charge in [0.25, 0.3) is 0 Å². The average Bonchev–Trinajstić information content (AvgIpc) is 2.76. The van der Waals surface area contributed by atoms with Gasteiger partial charge in [-0.05, 0) is 7.05 Å². The topological polar surface area (TPSA) is 56.6 Å². The van der Waals surface area contributed by atoms with Crippen LogP contribution < -0.4 is 10.3 Å². The normalized spacial score (nSPS) is 14.5. The van der Waals surface area contributed by atoms with Crippen LogP contribution in [0.15, 0.2) is 78.2 Å². The molecule has 3 aromatic rings. The molecule has 28 heavy (non-hydrogen) atoms. The number of piperazine rings is 1. The third kappa shape index (κ3) is 4.35. The summed E-state index contributed by atoms with van der Waals surface area (Å²) in [6.07, 6.45) is 1.59. The van der Waals surface area contributed by atoms with Crippen LogP contribution in [0.5, 0.6) is 0 Å². The fourth-order valence-corrected chi connectivity index (χ4v) is 3.22. The summed E-state index contributed by atoms with van der Waals surface area (Å²) < 4.78 is 0. The van der Waals surface area contributed by atoms with Crippen LogP contribution in [0.25, 0.3) is 0 Å². The Hall–Kier alpha value is -3.25. The first-order valence-electron chi connectivity index (χ1n) is 9.50. The maximum absolute atomic E-state index is 4.68. The number of hydrazone groups is 1. The smallest absolute Gasteiger partial charge is 0.151 e. The Balaban J connectivity index is 1.58. The second-order valence-electron chi connectivity index (χ2n) is 6.86. The predicted molar refractivity (Wildman–Crippen MR) is 114 cm³/mol. The Kier molecular flexibility index (Phi) is 5.58. The standard InChI is InChI=1S/C22H24N6/c1-27-12-14-28(15-13-27)21-16-20(23-17-24-21)25-26-22(18-8-4-2-5-9-18)19-10-6-3-7-11-19/h2-11,16-17H,12-15H2,1H3,(H,23,24,25). The van der Waals surface area contributed by atoms with Crippen LogP contribution in [0.4, 0.5) is 11.6 Å². The molecule has 0 amide bonds. The Bertz CT molecular complexity index is 877. The zero-order valence-electron chi connectivity index (χ0n) is 16.0. The van der Waals surface area contributed by atoms with Crippen LogP contribution in [0.1, 0.15) is 11.1 Å². The van der Waals surface area contributed by atoms with Crippen molar-refractivity contribution in [3.8, 4) is 0 Å². The third-order valence-electron chi connectivity index (χ3n) is 4.86. The number of hydrogen-bond acceptors (Lipinski definition) is 6. The van der Waals surface area contributed by atoms with Crippen molar-refractivity contribution in [2.45, 2.75) is 0 Å². The zero-order chi connectivity index (χ0) is 19.2. The first kappa shape index (κ1) is 18.1. The molecule has 1 aromatic heterocycles. The van der Waals surface area contributed by atoms with Gasteiger partial charge in [-0.15, -0.1) is 0 Å². The number of anilines is 2. The summed E-state index contributed by atoms with van der Waals surface area (Å²) in [5.74, 6) is 1.62. The molecule has 0 unspecified atom stereocenters. The number of aromatic nitrogens is 2. The highest BCUT2D eigenvalue weighted by molar-refractivity contribution is 6.13. The number of nitrogens with zero attached hydrogens (tertiary/aromatic N) is 5. The summed E-state index contributed by atoms with van der Waals surface area (Å²) in [4.78, 5) is 13.4. The molecule has 0 radical (unpaired) electrons. The molecular weight excluding hydrogens is 348 g/mol. The van der Waals surface area contributed by atoms with E-state index in [2.05, 4.69) is 61.6 Å². The second kappa shape index (κ2) is 8.63. The van der Waals surface area contributed by atoms with Crippen molar-refractivity contribution in [1.82, 2.24) is 14.9 Å². The molecule has 6 nitrogen and oxygen atoms in total. The van der Waals surface area contributed by atoms with Crippen LogP contribution in [-0.4, -0.2) is 53.8 Å². The van der Waals surface area contributed by atoms with Crippen molar-refractivity contribution in [2.24, 2.45) is 5.10 Å². The van der Waals surface area contributed by atoms with Crippen LogP contribution in [-0.2, 0) is 0 Å². The fourth-order valence-electron chi connectivity index (χ4n) is 3.22. The van der Waals surface area contributed by atoms with Crippen molar-refractivity contribution in [1.29, 1.82) is 0 Å². The predicted octanol–water partition coefficient (Wildman–Crippen LogP) is 3.09. The van der Waals surface area contributed by atoms with Gasteiger partial charge in [-0.3, -0.25) is 5.43 Å². The molecule has 1 fully saturated rings. The van der Waals surface area contributed by atoms with Gasteiger partial charge in [0.15, 0.2) is 5.82 Å². The maximum atomic E-state index is 4.68. The SMILES string of the molecule is CN1CCN(c2cc(NN=C(c3ccccc3)c3ccccc3)ncn2)CC1. The summed E-state index contributed by atoms with van der Waals surface area (Å²) in [6.45, 7) is 4.01. The second-order valence-corrected chi connectivity index (χ2v) is 6.86. The summed E-state index contributed by atoms with van der Waals surface area (Å²) in [5.41, 5.74) is 6.11. The van der Waals surface area contributed by atoms with E-state index in [1.165, 1.54) is 0 Å². The molecule has 6 heteroatoms. The Labute approximate surface area is 165 Å². The molecule has 0 spiro atoms. The first-order valence-corrected chi connectivity index (χ1v) is 9.50. The van der Waals surface area contributed by atoms with E-state index in [1.54, 1.807) is 6.33 Å². The van der Waals surface area contributed by atoms with Crippen LogP contribution in [0.2, 0.25) is 0 Å². The van der Waals surface area contributed by atoms with Crippen molar-refractivity contribution in [3.63, 3.8) is 0 Å². The van der Waals surface area contributed by atoms with Gasteiger partial charge in [0.05, 0.1) is 5.71 Å². The first-order chi connectivity index (χ1) is 13.8. The Morgan fingerprint density at radius 3 is 2.07 bits per heavy atom. The summed E-state index contributed by atoms with van der Waals surface area (Å²) in [7, 11) is 2.15. The van der Waals surface area contributed by atoms with E-state index in [-0.39, 0.29) is 0 Å². The number of nitrogens with one attached hydrogen (secondary N) is 1. The number of hydrogen-bond donors (Lipinski definition) is 1. The van der Waals surface area contributed by atoms with Crippen LogP contribution >= 0.6 is 0 Å². The van der Waals surface area contributed by atoms with Gasteiger partial charge in [-0.1, -0.05) is 60.7 Å². The Morgan fingerprint density at radius 2 is 1.46 bits per heavy atom. The van der Waals surface area contributed by atoms with Gasteiger partial charge in [0, 0.05) is 43.4 Å². The van der Waals surface area contributed by atoms with E-state index < -0.39 is 0 Å². The van der Waals surface area contributed by atoms with E-state index in [0.717, 1.165) is 48.8 Å². The molecular formula is C22H24N6. The fraction of sp³-hybridized carbons (Fsp3) is 0.227. The van der Waals surface area contributed by atoms with Crippen molar-refractivity contribution in [2.75, 3.05) is 43.6 Å². The third-order valence-corrected chi connectivity index (χ3v) is 4.86. The monoisotopic (exact) mass is 372 g/mol. The van der Waals surface area contributed by atoms with Gasteiger partial charge in [0.1, 0.15) is 12.1 Å². The summed E-state index contributed by atoms with van der Waals surface area (Å²) in [5, 5.41) is 4.68. The molecule has 0 bridgehead atoms. The van der Waals surface area contributed by atoms with E-state index in [1.807, 2.05) is 42.5 Å². The van der Waals surface area contributed by atoms with Crippen LogP contribution in [0, 0.1) is 0 Å². The molecule has 142 valence electrons. The van der Waals surface area contributed by atoms with E-state index in [4.69, 9.17) is 0 Å². The summed E-state index contributed by atoms with van der Waals surface area (Å²) in [6, 6.07) is 22.3. The number of likely N-dealkylation sites (N-methyl/N-ethyl adjacent to an activating group) is 1. The molecule has 1 saturated heterocycles. The average molecular weight is 372 g/mol. The van der Waals surface area contributed by atoms with Crippen molar-refractivity contribution in [3.05, 3.63) is 84.2 Å². The highest BCUT2D eigenvalue weighted by atomic mass is 15.3. The minimum atomic E-state index is 0.688. The zero-order valence-corrected chi connectivity index (χ0v) is 16.0. The van der Waals surface area contributed by atoms with Gasteiger partial charge in [0.2, 0.25) is 0 Å². The van der Waals surface area contributed by atoms with Gasteiger partial charge in [-0.25, -0.2) is 9.97 Å². The van der Waals surface area contributed by atoms with Gasteiger partial charge >= 0.3 is 0 Å². The van der Waals surface area contributed by atoms with Crippen molar-refractivity contribution >= 4 is 17.3 Å². The molecule has 0 saturated carbocycles. The lowest BCUT2D eigenvalue weighted by molar-refractivity contribution is 0.312. The molecule has 1 aliphatic heterocycles. The largest absolute Gasteiger partial charge is 0.354 e. The lowest BCUT2D eigenvalue weighted by Crippen LogP contribution is -2.44. The maximum Gasteiger partial charge on any atom is 0.151 e. The summed E-state index contributed by atoms with van der Waals surface area (Å²) >= 11 is 0. The molecule has 4 rings (SSSR count). The van der Waals surface area contributed by atoms with Gasteiger partial charge < -0.3 is 9.80 Å². The lowest BCUT2D eigenvalue weighted by atomic mass is 10.0. The molecule has 1 aliphatic rings. The quantitative estimate of drug-likeness (QED) is 0.551. The van der Waals surface area contributed by atoms with Crippen LogP contribution in [0.3, 0.4) is 0 Å². The molecule has 0 aliphatic carbocycles. The van der Waals surface area contributed by atoms with E-state index in [9.17, 15) is 0 Å². The lowest BCUT2D eigenvalue weighted by Gasteiger charge is -2.33. The van der Waals surface area contributed by atoms with E-state index in [0.29, 0.717) is 5.82 Å². The highest BCUT2D eigenvalue weighted by Gasteiger charge is 2.15. The van der Waals surface area contributed by atoms with Crippen molar-refractivity contribution < 1.29 is 0 Å². The number of benzene rings is 2. The molecule has 2 aromatic carbocycles. The van der Waals surface area contributed by atoms with E-state index >= 15 is 0 Å². The molecule has 1 N–H and O–H groups in total. The highest BCUT2D eigenvalue weighted by Crippen LogP contribution is 2.17. The Morgan fingerprint density at radius 1 is 0.857 bits per heavy atom. The minimum Gasteiger partial charge on any atom is -0.354 e. The van der Waals surface area contributed by atoms with Gasteiger partial charge in [-0.2, -0.15) is 5.10 Å².